The van der Waals surface area contributed by atoms with Gasteiger partial charge in [-0.2, -0.15) is 4.52 Å². The molecule has 0 bridgehead atoms. The number of benzene rings is 2. The zero-order valence-electron chi connectivity index (χ0n) is 17.4. The van der Waals surface area contributed by atoms with Crippen molar-refractivity contribution in [1.29, 1.82) is 0 Å². The number of piperidine rings is 1. The van der Waals surface area contributed by atoms with E-state index < -0.39 is 0 Å². The van der Waals surface area contributed by atoms with Crippen molar-refractivity contribution in [1.82, 2.24) is 29.9 Å². The van der Waals surface area contributed by atoms with Crippen molar-refractivity contribution < 1.29 is 14.3 Å². The zero-order valence-corrected chi connectivity index (χ0v) is 17.4. The van der Waals surface area contributed by atoms with Gasteiger partial charge in [0, 0.05) is 24.3 Å². The molecule has 4 aromatic rings. The van der Waals surface area contributed by atoms with Crippen LogP contribution in [0.3, 0.4) is 0 Å². The number of methoxy groups -OCH3 is 1. The lowest BCUT2D eigenvalue weighted by Crippen LogP contribution is -2.40. The number of anilines is 2. The average molecular weight is 431 g/mol. The zero-order chi connectivity index (χ0) is 22.1. The van der Waals surface area contributed by atoms with Crippen molar-refractivity contribution in [2.24, 2.45) is 5.92 Å². The summed E-state index contributed by atoms with van der Waals surface area (Å²) in [4.78, 5) is 31.0. The molecule has 2 aromatic heterocycles. The number of nitrogens with one attached hydrogen (secondary N) is 1. The van der Waals surface area contributed by atoms with Crippen molar-refractivity contribution in [3.05, 3.63) is 54.1 Å². The van der Waals surface area contributed by atoms with Gasteiger partial charge in [-0.1, -0.05) is 12.1 Å². The Morgan fingerprint density at radius 1 is 1.06 bits per heavy atom. The average Bonchev–Trinajstić information content (AvgIpc) is 3.35. The van der Waals surface area contributed by atoms with Gasteiger partial charge < -0.3 is 15.0 Å². The molecule has 162 valence electrons. The Morgan fingerprint density at radius 2 is 1.81 bits per heavy atom. The number of para-hydroxylation sites is 2. The van der Waals surface area contributed by atoms with Gasteiger partial charge in [0.2, 0.25) is 5.65 Å². The fourth-order valence-electron chi connectivity index (χ4n) is 3.99. The van der Waals surface area contributed by atoms with E-state index in [1.807, 2.05) is 36.4 Å². The summed E-state index contributed by atoms with van der Waals surface area (Å²) in [5, 5.41) is 15.1. The fourth-order valence-corrected chi connectivity index (χ4v) is 3.99. The molecule has 0 saturated carbocycles. The van der Waals surface area contributed by atoms with Crippen LogP contribution in [0.5, 0.6) is 0 Å². The number of carbonyl (C=O) groups excluding carboxylic acids is 2. The highest BCUT2D eigenvalue weighted by Crippen LogP contribution is 2.24. The van der Waals surface area contributed by atoms with Crippen LogP contribution in [0.1, 0.15) is 23.2 Å². The second-order valence-corrected chi connectivity index (χ2v) is 7.66. The molecule has 1 fully saturated rings. The van der Waals surface area contributed by atoms with E-state index in [-0.39, 0.29) is 17.8 Å². The molecule has 3 heterocycles. The summed E-state index contributed by atoms with van der Waals surface area (Å²) in [6, 6.07) is 14.8. The van der Waals surface area contributed by atoms with Gasteiger partial charge in [-0.3, -0.25) is 9.59 Å². The van der Waals surface area contributed by atoms with Gasteiger partial charge in [0.25, 0.3) is 5.91 Å². The molecule has 2 aromatic carbocycles. The first-order chi connectivity index (χ1) is 15.6. The molecule has 0 spiro atoms. The van der Waals surface area contributed by atoms with E-state index in [4.69, 9.17) is 4.74 Å². The molecule has 1 aliphatic heterocycles. The first kappa shape index (κ1) is 19.9. The van der Waals surface area contributed by atoms with Crippen LogP contribution in [0.15, 0.2) is 48.5 Å². The summed E-state index contributed by atoms with van der Waals surface area (Å²) in [6.07, 6.45) is 1.24. The van der Waals surface area contributed by atoms with Gasteiger partial charge in [-0.05, 0) is 59.7 Å². The molecule has 32 heavy (non-hydrogen) atoms. The lowest BCUT2D eigenvalue weighted by atomic mass is 9.96. The topological polar surface area (TPSA) is 115 Å². The molecule has 1 aliphatic rings. The number of likely N-dealkylation sites (tertiary alicyclic amines) is 1. The summed E-state index contributed by atoms with van der Waals surface area (Å²) >= 11 is 0. The summed E-state index contributed by atoms with van der Waals surface area (Å²) < 4.78 is 6.45. The van der Waals surface area contributed by atoms with Gasteiger partial charge in [0.1, 0.15) is 0 Å². The number of aromatic nitrogens is 5. The van der Waals surface area contributed by atoms with Crippen molar-refractivity contribution >= 4 is 40.1 Å². The van der Waals surface area contributed by atoms with E-state index in [0.717, 1.165) is 16.7 Å². The summed E-state index contributed by atoms with van der Waals surface area (Å²) in [7, 11) is 1.40. The minimum absolute atomic E-state index is 0.0484. The molecule has 1 N–H and O–H groups in total. The minimum atomic E-state index is -0.202. The molecule has 1 saturated heterocycles. The van der Waals surface area contributed by atoms with Crippen molar-refractivity contribution in [3.8, 4) is 0 Å². The van der Waals surface area contributed by atoms with Gasteiger partial charge in [-0.25, -0.2) is 4.98 Å². The molecule has 0 aliphatic carbocycles. The third-order valence-electron chi connectivity index (χ3n) is 5.73. The predicted octanol–water partition coefficient (Wildman–Crippen LogP) is 2.44. The minimum Gasteiger partial charge on any atom is -0.469 e. The normalized spacial score (nSPS) is 14.6. The highest BCUT2D eigenvalue weighted by atomic mass is 16.5. The quantitative estimate of drug-likeness (QED) is 0.490. The van der Waals surface area contributed by atoms with E-state index in [2.05, 4.69) is 25.8 Å². The van der Waals surface area contributed by atoms with Gasteiger partial charge in [-0.15, -0.1) is 5.10 Å². The number of hydrogen-bond acceptors (Lipinski definition) is 8. The molecule has 5 rings (SSSR count). The Balaban J connectivity index is 1.32. The number of tetrazole rings is 1. The fraction of sp³-hybridized carbons (Fsp3) is 0.273. The first-order valence-corrected chi connectivity index (χ1v) is 10.3. The van der Waals surface area contributed by atoms with Crippen molar-refractivity contribution in [2.75, 3.05) is 25.5 Å². The number of fused-ring (bicyclic) bond motifs is 3. The number of ether oxygens (including phenoxy) is 1. The first-order valence-electron chi connectivity index (χ1n) is 10.3. The van der Waals surface area contributed by atoms with E-state index in [1.54, 1.807) is 21.5 Å². The molecule has 0 radical (unpaired) electrons. The maximum atomic E-state index is 12.8. The Labute approximate surface area is 183 Å². The number of hydrogen-bond donors (Lipinski definition) is 1. The van der Waals surface area contributed by atoms with Gasteiger partial charge >= 0.3 is 5.97 Å². The van der Waals surface area contributed by atoms with E-state index in [0.29, 0.717) is 43.0 Å². The molecule has 0 atom stereocenters. The monoisotopic (exact) mass is 431 g/mol. The Bertz CT molecular complexity index is 1290. The standard InChI is InChI=1S/C22H21N7O3/c1-32-22(31)15-10-12-28(13-11-15)21(30)14-6-8-16(9-7-14)23-19-20-25-26-27-29(20)18-5-3-2-4-17(18)24-19/h2-9,15H,10-13H2,1H3,(H,23,24). The second kappa shape index (κ2) is 8.22. The molecule has 1 amide bonds. The highest BCUT2D eigenvalue weighted by Gasteiger charge is 2.28. The summed E-state index contributed by atoms with van der Waals surface area (Å²) in [5.74, 6) is 0.144. The molecular formula is C22H21N7O3. The maximum Gasteiger partial charge on any atom is 0.308 e. The van der Waals surface area contributed by atoms with Gasteiger partial charge in [0.15, 0.2) is 5.82 Å². The number of esters is 1. The van der Waals surface area contributed by atoms with E-state index in [1.165, 1.54) is 7.11 Å². The lowest BCUT2D eigenvalue weighted by molar-refractivity contribution is -0.146. The van der Waals surface area contributed by atoms with Crippen LogP contribution < -0.4 is 5.32 Å². The van der Waals surface area contributed by atoms with Crippen LogP contribution >= 0.6 is 0 Å². The summed E-state index contributed by atoms with van der Waals surface area (Å²) in [6.45, 7) is 1.08. The smallest absolute Gasteiger partial charge is 0.308 e. The molecule has 10 nitrogen and oxygen atoms in total. The maximum absolute atomic E-state index is 12.8. The van der Waals surface area contributed by atoms with Crippen LogP contribution in [-0.4, -0.2) is 62.0 Å². The lowest BCUT2D eigenvalue weighted by Gasteiger charge is -2.30. The number of amides is 1. The van der Waals surface area contributed by atoms with Crippen molar-refractivity contribution in [2.45, 2.75) is 12.8 Å². The van der Waals surface area contributed by atoms with E-state index >= 15 is 0 Å². The largest absolute Gasteiger partial charge is 0.469 e. The predicted molar refractivity (Wildman–Crippen MR) is 116 cm³/mol. The highest BCUT2D eigenvalue weighted by molar-refractivity contribution is 5.95. The molecule has 0 unspecified atom stereocenters. The number of rotatable bonds is 4. The van der Waals surface area contributed by atoms with Crippen LogP contribution in [0.2, 0.25) is 0 Å². The molecule has 10 heteroatoms. The Hall–Kier alpha value is -4.08. The Morgan fingerprint density at radius 3 is 2.56 bits per heavy atom. The molecular weight excluding hydrogens is 410 g/mol. The van der Waals surface area contributed by atoms with Crippen LogP contribution in [0.4, 0.5) is 11.5 Å². The third kappa shape index (κ3) is 3.59. The van der Waals surface area contributed by atoms with Crippen molar-refractivity contribution in [3.63, 3.8) is 0 Å². The third-order valence-corrected chi connectivity index (χ3v) is 5.73. The SMILES string of the molecule is COC(=O)C1CCN(C(=O)c2ccc(Nc3nc4ccccc4n4nnnc34)cc2)CC1. The van der Waals surface area contributed by atoms with Crippen LogP contribution in [-0.2, 0) is 9.53 Å². The number of nitrogens with zero attached hydrogens (tertiary/aromatic N) is 6. The van der Waals surface area contributed by atoms with Crippen LogP contribution in [0.25, 0.3) is 16.7 Å². The second-order valence-electron chi connectivity index (χ2n) is 7.66. The van der Waals surface area contributed by atoms with E-state index in [9.17, 15) is 9.59 Å². The summed E-state index contributed by atoms with van der Waals surface area (Å²) in [5.41, 5.74) is 3.44. The number of carbonyl (C=O) groups is 2. The van der Waals surface area contributed by atoms with Crippen LogP contribution in [0, 0.1) is 5.92 Å². The Kier molecular flexibility index (Phi) is 5.10. The van der Waals surface area contributed by atoms with Gasteiger partial charge in [0.05, 0.1) is 24.1 Å².